The van der Waals surface area contributed by atoms with E-state index in [2.05, 4.69) is 5.32 Å². The number of anilines is 1. The number of hydrogen-bond acceptors (Lipinski definition) is 2. The van der Waals surface area contributed by atoms with Gasteiger partial charge in [0, 0.05) is 25.7 Å². The zero-order valence-corrected chi connectivity index (χ0v) is 17.9. The summed E-state index contributed by atoms with van der Waals surface area (Å²) >= 11 is 0. The van der Waals surface area contributed by atoms with Gasteiger partial charge in [0.15, 0.2) is 0 Å². The topological polar surface area (TPSA) is 32.3 Å². The van der Waals surface area contributed by atoms with Crippen molar-refractivity contribution in [3.8, 4) is 0 Å². The third kappa shape index (κ3) is 5.19. The lowest BCUT2D eigenvalue weighted by molar-refractivity contribution is -0.143. The lowest BCUT2D eigenvalue weighted by Gasteiger charge is -2.32. The molecule has 1 aliphatic rings. The summed E-state index contributed by atoms with van der Waals surface area (Å²) in [5.41, 5.74) is 0.597. The van der Waals surface area contributed by atoms with E-state index >= 15 is 0 Å². The van der Waals surface area contributed by atoms with E-state index in [1.54, 1.807) is 0 Å². The number of carbonyl (C=O) groups is 1. The van der Waals surface area contributed by atoms with Gasteiger partial charge >= 0.3 is 12.4 Å². The molecule has 0 aliphatic carbocycles. The standard InChI is InChI=1S/C23H24F6N2O/c1-13-7-14(2)21-19(8-13)20(5-4-6-30-21)31(15(3)32)12-16-9-17(22(24,25)26)11-18(10-16)23(27,28)29/h7-11,20,30H,4-6,12H2,1-3H3. The third-order valence-electron chi connectivity index (χ3n) is 5.61. The molecule has 0 saturated heterocycles. The number of fused-ring (bicyclic) bond motifs is 1. The Morgan fingerprint density at radius 1 is 1.00 bits per heavy atom. The van der Waals surface area contributed by atoms with Gasteiger partial charge in [0.25, 0.3) is 0 Å². The number of rotatable bonds is 3. The highest BCUT2D eigenvalue weighted by Crippen LogP contribution is 2.40. The van der Waals surface area contributed by atoms with Crippen molar-refractivity contribution < 1.29 is 31.1 Å². The Balaban J connectivity index is 2.08. The zero-order chi connectivity index (χ0) is 23.8. The maximum Gasteiger partial charge on any atom is 0.416 e. The van der Waals surface area contributed by atoms with Gasteiger partial charge in [-0.15, -0.1) is 0 Å². The summed E-state index contributed by atoms with van der Waals surface area (Å²) in [4.78, 5) is 13.9. The number of carbonyl (C=O) groups excluding carboxylic acids is 1. The number of amides is 1. The summed E-state index contributed by atoms with van der Waals surface area (Å²) in [6, 6.07) is 4.88. The lowest BCUT2D eigenvalue weighted by Crippen LogP contribution is -2.33. The van der Waals surface area contributed by atoms with E-state index in [-0.39, 0.29) is 18.2 Å². The van der Waals surface area contributed by atoms with Crippen LogP contribution in [-0.4, -0.2) is 17.4 Å². The second kappa shape index (κ2) is 8.67. The Bertz CT molecular complexity index is 981. The molecule has 2 aromatic rings. The van der Waals surface area contributed by atoms with E-state index in [0.717, 1.165) is 22.4 Å². The SMILES string of the molecule is CC(=O)N(Cc1cc(C(F)(F)F)cc(C(F)(F)F)c1)C1CCCNc2c(C)cc(C)cc21. The molecular formula is C23H24F6N2O. The van der Waals surface area contributed by atoms with Crippen LogP contribution in [0, 0.1) is 13.8 Å². The van der Waals surface area contributed by atoms with E-state index < -0.39 is 35.4 Å². The van der Waals surface area contributed by atoms with Gasteiger partial charge in [0.2, 0.25) is 5.91 Å². The minimum Gasteiger partial charge on any atom is -0.385 e. The molecule has 1 N–H and O–H groups in total. The molecular weight excluding hydrogens is 434 g/mol. The van der Waals surface area contributed by atoms with Crippen molar-refractivity contribution in [2.75, 3.05) is 11.9 Å². The Labute approximate surface area is 182 Å². The summed E-state index contributed by atoms with van der Waals surface area (Å²) in [7, 11) is 0. The summed E-state index contributed by atoms with van der Waals surface area (Å²) in [5.74, 6) is -0.423. The maximum absolute atomic E-state index is 13.3. The average Bonchev–Trinajstić information content (AvgIpc) is 2.87. The smallest absolute Gasteiger partial charge is 0.385 e. The molecule has 9 heteroatoms. The summed E-state index contributed by atoms with van der Waals surface area (Å²) in [5, 5.41) is 3.33. The van der Waals surface area contributed by atoms with Gasteiger partial charge in [0.1, 0.15) is 0 Å². The minimum absolute atomic E-state index is 0.0964. The van der Waals surface area contributed by atoms with E-state index in [1.165, 1.54) is 11.8 Å². The molecule has 1 heterocycles. The van der Waals surface area contributed by atoms with Gasteiger partial charge in [-0.2, -0.15) is 26.3 Å². The molecule has 0 aromatic heterocycles. The lowest BCUT2D eigenvalue weighted by atomic mass is 9.94. The van der Waals surface area contributed by atoms with Crippen molar-refractivity contribution in [2.45, 2.75) is 58.6 Å². The number of alkyl halides is 6. The van der Waals surface area contributed by atoms with Crippen molar-refractivity contribution in [3.05, 3.63) is 63.7 Å². The number of aryl methyl sites for hydroxylation is 2. The quantitative estimate of drug-likeness (QED) is 0.523. The molecule has 3 nitrogen and oxygen atoms in total. The van der Waals surface area contributed by atoms with Crippen LogP contribution in [-0.2, 0) is 23.7 Å². The number of halogens is 6. The molecule has 0 fully saturated rings. The zero-order valence-electron chi connectivity index (χ0n) is 17.9. The molecule has 1 atom stereocenters. The predicted molar refractivity (Wildman–Crippen MR) is 109 cm³/mol. The first-order chi connectivity index (χ1) is 14.8. The van der Waals surface area contributed by atoms with Crippen LogP contribution in [0.4, 0.5) is 32.0 Å². The molecule has 1 unspecified atom stereocenters. The fourth-order valence-corrected chi connectivity index (χ4v) is 4.24. The Hall–Kier alpha value is -2.71. The summed E-state index contributed by atoms with van der Waals surface area (Å²) in [6.45, 7) is 5.39. The number of nitrogens with one attached hydrogen (secondary N) is 1. The van der Waals surface area contributed by atoms with Crippen LogP contribution < -0.4 is 5.32 Å². The first kappa shape index (κ1) is 23.9. The van der Waals surface area contributed by atoms with Gasteiger partial charge in [-0.1, -0.05) is 17.7 Å². The van der Waals surface area contributed by atoms with E-state index in [9.17, 15) is 31.1 Å². The average molecular weight is 458 g/mol. The van der Waals surface area contributed by atoms with Crippen molar-refractivity contribution >= 4 is 11.6 Å². The van der Waals surface area contributed by atoms with Crippen LogP contribution in [0.3, 0.4) is 0 Å². The molecule has 174 valence electrons. The van der Waals surface area contributed by atoms with Crippen molar-refractivity contribution in [1.29, 1.82) is 0 Å². The molecule has 0 saturated carbocycles. The third-order valence-corrected chi connectivity index (χ3v) is 5.61. The van der Waals surface area contributed by atoms with Gasteiger partial charge in [-0.3, -0.25) is 4.79 Å². The largest absolute Gasteiger partial charge is 0.416 e. The number of nitrogens with zero attached hydrogens (tertiary/aromatic N) is 1. The van der Waals surface area contributed by atoms with Gasteiger partial charge in [-0.25, -0.2) is 0 Å². The maximum atomic E-state index is 13.3. The van der Waals surface area contributed by atoms with E-state index in [4.69, 9.17) is 0 Å². The fourth-order valence-electron chi connectivity index (χ4n) is 4.24. The Kier molecular flexibility index (Phi) is 6.49. The van der Waals surface area contributed by atoms with Crippen LogP contribution in [0.15, 0.2) is 30.3 Å². The van der Waals surface area contributed by atoms with Crippen molar-refractivity contribution in [3.63, 3.8) is 0 Å². The monoisotopic (exact) mass is 458 g/mol. The number of hydrogen-bond donors (Lipinski definition) is 1. The molecule has 2 aromatic carbocycles. The van der Waals surface area contributed by atoms with Crippen LogP contribution in [0.5, 0.6) is 0 Å². The summed E-state index contributed by atoms with van der Waals surface area (Å²) < 4.78 is 79.6. The first-order valence-electron chi connectivity index (χ1n) is 10.2. The first-order valence-corrected chi connectivity index (χ1v) is 10.2. The predicted octanol–water partition coefficient (Wildman–Crippen LogP) is 6.64. The van der Waals surface area contributed by atoms with Crippen LogP contribution in [0.25, 0.3) is 0 Å². The molecule has 1 aliphatic heterocycles. The Morgan fingerprint density at radius 3 is 2.12 bits per heavy atom. The van der Waals surface area contributed by atoms with Gasteiger partial charge < -0.3 is 10.2 Å². The highest BCUT2D eigenvalue weighted by molar-refractivity contribution is 5.75. The number of benzene rings is 2. The second-order valence-electron chi connectivity index (χ2n) is 8.19. The van der Waals surface area contributed by atoms with Crippen LogP contribution in [0.2, 0.25) is 0 Å². The highest BCUT2D eigenvalue weighted by atomic mass is 19.4. The molecule has 0 radical (unpaired) electrons. The molecule has 0 bridgehead atoms. The minimum atomic E-state index is -4.94. The van der Waals surface area contributed by atoms with Crippen molar-refractivity contribution in [1.82, 2.24) is 4.90 Å². The van der Waals surface area contributed by atoms with Crippen LogP contribution >= 0.6 is 0 Å². The molecule has 3 rings (SSSR count). The molecule has 0 spiro atoms. The normalized spacial score (nSPS) is 16.7. The van der Waals surface area contributed by atoms with Gasteiger partial charge in [0.05, 0.1) is 17.2 Å². The van der Waals surface area contributed by atoms with Gasteiger partial charge in [-0.05, 0) is 61.6 Å². The summed E-state index contributed by atoms with van der Waals surface area (Å²) in [6.07, 6.45) is -8.65. The van der Waals surface area contributed by atoms with Crippen molar-refractivity contribution in [2.24, 2.45) is 0 Å². The van der Waals surface area contributed by atoms with E-state index in [1.807, 2.05) is 26.0 Å². The Morgan fingerprint density at radius 2 is 1.59 bits per heavy atom. The molecule has 1 amide bonds. The fraction of sp³-hybridized carbons (Fsp3) is 0.435. The second-order valence-corrected chi connectivity index (χ2v) is 8.19. The van der Waals surface area contributed by atoms with Crippen LogP contribution in [0.1, 0.15) is 59.2 Å². The van der Waals surface area contributed by atoms with E-state index in [0.29, 0.717) is 31.5 Å². The highest BCUT2D eigenvalue weighted by Gasteiger charge is 2.37. The molecule has 32 heavy (non-hydrogen) atoms.